The Morgan fingerprint density at radius 3 is 2.41 bits per heavy atom. The van der Waals surface area contributed by atoms with Gasteiger partial charge in [-0.25, -0.2) is 0 Å². The molecular weight excluding hydrogens is 270 g/mol. The largest absolute Gasteiger partial charge is 0.482 e. The molecule has 2 heteroatoms. The lowest BCUT2D eigenvalue weighted by Crippen LogP contribution is -2.21. The second-order valence-electron chi connectivity index (χ2n) is 5.34. The molecule has 0 aliphatic heterocycles. The van der Waals surface area contributed by atoms with Crippen LogP contribution in [0.15, 0.2) is 85.2 Å². The van der Waals surface area contributed by atoms with Crippen molar-refractivity contribution in [2.24, 2.45) is 0 Å². The molecule has 2 heterocycles. The van der Waals surface area contributed by atoms with E-state index in [9.17, 15) is 0 Å². The Hall–Kier alpha value is -2.87. The van der Waals surface area contributed by atoms with Gasteiger partial charge in [0.15, 0.2) is 18.1 Å². The zero-order chi connectivity index (χ0) is 14.8. The first kappa shape index (κ1) is 12.8. The van der Waals surface area contributed by atoms with Crippen LogP contribution in [0.4, 0.5) is 0 Å². The van der Waals surface area contributed by atoms with Gasteiger partial charge in [0.25, 0.3) is 5.52 Å². The first-order chi connectivity index (χ1) is 10.9. The third kappa shape index (κ3) is 2.40. The maximum atomic E-state index is 6.03. The van der Waals surface area contributed by atoms with Crippen molar-refractivity contribution in [3.63, 3.8) is 0 Å². The maximum Gasteiger partial charge on any atom is 0.253 e. The molecule has 0 saturated carbocycles. The topological polar surface area (TPSA) is 13.3 Å². The third-order valence-electron chi connectivity index (χ3n) is 3.83. The molecule has 0 atom stereocenters. The van der Waals surface area contributed by atoms with Gasteiger partial charge in [0.2, 0.25) is 0 Å². The number of ether oxygens (including phenoxy) is 1. The van der Waals surface area contributed by atoms with E-state index in [1.807, 2.05) is 30.3 Å². The van der Waals surface area contributed by atoms with Gasteiger partial charge in [0, 0.05) is 17.5 Å². The highest BCUT2D eigenvalue weighted by atomic mass is 16.5. The average Bonchev–Trinajstić information content (AvgIpc) is 2.59. The van der Waals surface area contributed by atoms with Gasteiger partial charge in [-0.15, -0.1) is 0 Å². The van der Waals surface area contributed by atoms with E-state index in [2.05, 4.69) is 59.3 Å². The van der Waals surface area contributed by atoms with Gasteiger partial charge < -0.3 is 4.74 Å². The lowest BCUT2D eigenvalue weighted by atomic mass is 10.1. The van der Waals surface area contributed by atoms with Crippen molar-refractivity contribution < 1.29 is 9.14 Å². The monoisotopic (exact) mass is 286 g/mol. The molecule has 0 radical (unpaired) electrons. The average molecular weight is 286 g/mol. The SMILES string of the molecule is c1ccc(COc2ccc[n+]3cc4ccccc4cc23)cc1. The number of rotatable bonds is 3. The number of fused-ring (bicyclic) bond motifs is 2. The van der Waals surface area contributed by atoms with E-state index >= 15 is 0 Å². The van der Waals surface area contributed by atoms with Crippen LogP contribution < -0.4 is 9.14 Å². The van der Waals surface area contributed by atoms with E-state index in [-0.39, 0.29) is 0 Å². The van der Waals surface area contributed by atoms with Crippen LogP contribution in [0.3, 0.4) is 0 Å². The van der Waals surface area contributed by atoms with E-state index < -0.39 is 0 Å². The predicted octanol–water partition coefficient (Wildman–Crippen LogP) is 4.16. The minimum Gasteiger partial charge on any atom is -0.482 e. The summed E-state index contributed by atoms with van der Waals surface area (Å²) >= 11 is 0. The molecule has 0 amide bonds. The van der Waals surface area contributed by atoms with Crippen LogP contribution in [0.25, 0.3) is 16.3 Å². The van der Waals surface area contributed by atoms with Crippen molar-refractivity contribution in [3.05, 3.63) is 90.8 Å². The second kappa shape index (κ2) is 5.49. The lowest BCUT2D eigenvalue weighted by Gasteiger charge is -2.06. The number of hydrogen-bond acceptors (Lipinski definition) is 1. The molecule has 22 heavy (non-hydrogen) atoms. The molecule has 0 N–H and O–H groups in total. The summed E-state index contributed by atoms with van der Waals surface area (Å²) in [5.41, 5.74) is 2.25. The predicted molar refractivity (Wildman–Crippen MR) is 87.9 cm³/mol. The number of aromatic nitrogens is 1. The Labute approximate surface area is 129 Å². The summed E-state index contributed by atoms with van der Waals surface area (Å²) in [5, 5.41) is 2.44. The number of hydrogen-bond donors (Lipinski definition) is 0. The summed E-state index contributed by atoms with van der Waals surface area (Å²) < 4.78 is 8.15. The van der Waals surface area contributed by atoms with Gasteiger partial charge in [0.1, 0.15) is 6.61 Å². The van der Waals surface area contributed by atoms with Crippen LogP contribution >= 0.6 is 0 Å². The zero-order valence-corrected chi connectivity index (χ0v) is 12.1. The van der Waals surface area contributed by atoms with Crippen LogP contribution in [-0.4, -0.2) is 0 Å². The normalized spacial score (nSPS) is 10.9. The molecule has 0 aliphatic rings. The van der Waals surface area contributed by atoms with Crippen LogP contribution in [0.2, 0.25) is 0 Å². The molecule has 0 saturated heterocycles. The smallest absolute Gasteiger partial charge is 0.253 e. The highest BCUT2D eigenvalue weighted by Crippen LogP contribution is 2.21. The quantitative estimate of drug-likeness (QED) is 0.407. The Kier molecular flexibility index (Phi) is 3.20. The van der Waals surface area contributed by atoms with Crippen LogP contribution in [0, 0.1) is 0 Å². The summed E-state index contributed by atoms with van der Waals surface area (Å²) in [4.78, 5) is 0. The van der Waals surface area contributed by atoms with E-state index in [0.29, 0.717) is 6.61 Å². The van der Waals surface area contributed by atoms with Gasteiger partial charge in [-0.05, 0) is 23.1 Å². The number of nitrogens with zero attached hydrogens (tertiary/aromatic N) is 1. The first-order valence-electron chi connectivity index (χ1n) is 7.40. The van der Waals surface area contributed by atoms with Crippen LogP contribution in [0.1, 0.15) is 5.56 Å². The van der Waals surface area contributed by atoms with Gasteiger partial charge in [-0.1, -0.05) is 48.5 Å². The van der Waals surface area contributed by atoms with Crippen LogP contribution in [-0.2, 0) is 6.61 Å². The summed E-state index contributed by atoms with van der Waals surface area (Å²) in [7, 11) is 0. The first-order valence-corrected chi connectivity index (χ1v) is 7.40. The van der Waals surface area contributed by atoms with Crippen molar-refractivity contribution in [2.75, 3.05) is 0 Å². The molecule has 106 valence electrons. The fraction of sp³-hybridized carbons (Fsp3) is 0.0500. The van der Waals surface area contributed by atoms with Gasteiger partial charge in [0.05, 0.1) is 0 Å². The van der Waals surface area contributed by atoms with Crippen molar-refractivity contribution >= 4 is 16.3 Å². The minimum absolute atomic E-state index is 0.577. The fourth-order valence-corrected chi connectivity index (χ4v) is 2.69. The van der Waals surface area contributed by atoms with Crippen LogP contribution in [0.5, 0.6) is 5.75 Å². The number of pyridine rings is 2. The van der Waals surface area contributed by atoms with E-state index in [4.69, 9.17) is 4.74 Å². The molecule has 2 aromatic heterocycles. The highest BCUT2D eigenvalue weighted by molar-refractivity contribution is 5.84. The summed E-state index contributed by atoms with van der Waals surface area (Å²) in [5.74, 6) is 0.900. The van der Waals surface area contributed by atoms with Gasteiger partial charge in [-0.2, -0.15) is 4.40 Å². The Bertz CT molecular complexity index is 932. The molecule has 0 aliphatic carbocycles. The molecule has 0 fully saturated rings. The summed E-state index contributed by atoms with van der Waals surface area (Å²) in [6.45, 7) is 0.577. The number of benzene rings is 2. The van der Waals surface area contributed by atoms with E-state index in [1.54, 1.807) is 0 Å². The molecule has 0 spiro atoms. The molecular formula is C20H16NO+. The molecule has 2 aromatic carbocycles. The fourth-order valence-electron chi connectivity index (χ4n) is 2.69. The summed E-state index contributed by atoms with van der Waals surface area (Å²) in [6, 6.07) is 24.8. The van der Waals surface area contributed by atoms with E-state index in [0.717, 1.165) is 11.3 Å². The second-order valence-corrected chi connectivity index (χ2v) is 5.34. The maximum absolute atomic E-state index is 6.03. The molecule has 4 aromatic rings. The highest BCUT2D eigenvalue weighted by Gasteiger charge is 2.11. The molecule has 4 rings (SSSR count). The molecule has 2 nitrogen and oxygen atoms in total. The molecule has 0 unspecified atom stereocenters. The van der Waals surface area contributed by atoms with E-state index in [1.165, 1.54) is 16.3 Å². The van der Waals surface area contributed by atoms with Crippen molar-refractivity contribution in [3.8, 4) is 5.75 Å². The molecule has 0 bridgehead atoms. The van der Waals surface area contributed by atoms with Crippen molar-refractivity contribution in [2.45, 2.75) is 6.61 Å². The van der Waals surface area contributed by atoms with Crippen molar-refractivity contribution in [1.29, 1.82) is 0 Å². The Morgan fingerprint density at radius 1 is 0.773 bits per heavy atom. The minimum atomic E-state index is 0.577. The Morgan fingerprint density at radius 2 is 1.55 bits per heavy atom. The summed E-state index contributed by atoms with van der Waals surface area (Å²) in [6.07, 6.45) is 4.19. The van der Waals surface area contributed by atoms with Gasteiger partial charge in [-0.3, -0.25) is 0 Å². The van der Waals surface area contributed by atoms with Gasteiger partial charge >= 0.3 is 0 Å². The zero-order valence-electron chi connectivity index (χ0n) is 12.1. The third-order valence-corrected chi connectivity index (χ3v) is 3.83. The lowest BCUT2D eigenvalue weighted by molar-refractivity contribution is -0.510. The Balaban J connectivity index is 1.75. The standard InChI is InChI=1S/C20H16NO/c1-2-7-16(8-3-1)15-22-20-11-6-12-21-14-18-10-5-4-9-17(18)13-19(20)21/h1-14H,15H2/q+1. The van der Waals surface area contributed by atoms with Crippen molar-refractivity contribution in [1.82, 2.24) is 0 Å².